The average Bonchev–Trinajstić information content (AvgIpc) is 2.99. The first-order valence-corrected chi connectivity index (χ1v) is 9.14. The highest BCUT2D eigenvalue weighted by Crippen LogP contribution is 2.27. The number of hydrogen-bond donors (Lipinski definition) is 2. The minimum absolute atomic E-state index is 0.0196. The van der Waals surface area contributed by atoms with Crippen molar-refractivity contribution < 1.29 is 9.84 Å². The minimum Gasteiger partial charge on any atom is -0.491 e. The summed E-state index contributed by atoms with van der Waals surface area (Å²) in [5, 5.41) is 17.6. The van der Waals surface area contributed by atoms with Crippen LogP contribution in [-0.4, -0.2) is 39.5 Å². The summed E-state index contributed by atoms with van der Waals surface area (Å²) < 4.78 is 9.81. The van der Waals surface area contributed by atoms with Crippen LogP contribution in [0.2, 0.25) is 0 Å². The zero-order valence-corrected chi connectivity index (χ0v) is 15.7. The summed E-state index contributed by atoms with van der Waals surface area (Å²) in [6, 6.07) is 7.81. The molecule has 0 spiro atoms. The molecule has 1 aromatic heterocycles. The van der Waals surface area contributed by atoms with Gasteiger partial charge in [0.15, 0.2) is 0 Å². The summed E-state index contributed by atoms with van der Waals surface area (Å²) >= 11 is 1.45. The number of aliphatic hydroxyl groups is 1. The Morgan fingerprint density at radius 1 is 1.33 bits per heavy atom. The number of aryl methyl sites for hydroxylation is 1. The van der Waals surface area contributed by atoms with Gasteiger partial charge in [-0.05, 0) is 50.9 Å². The molecule has 0 aliphatic carbocycles. The van der Waals surface area contributed by atoms with E-state index in [1.54, 1.807) is 0 Å². The van der Waals surface area contributed by atoms with E-state index in [4.69, 9.17) is 4.74 Å². The van der Waals surface area contributed by atoms with E-state index in [0.717, 1.165) is 29.8 Å². The fourth-order valence-electron chi connectivity index (χ4n) is 2.23. The van der Waals surface area contributed by atoms with Crippen LogP contribution in [0.4, 0.5) is 0 Å². The van der Waals surface area contributed by atoms with Crippen molar-refractivity contribution >= 4 is 11.5 Å². The molecule has 0 radical (unpaired) electrons. The Morgan fingerprint density at radius 2 is 2.12 bits per heavy atom. The van der Waals surface area contributed by atoms with Gasteiger partial charge in [-0.15, -0.1) is 5.10 Å². The van der Waals surface area contributed by atoms with Gasteiger partial charge in [0.1, 0.15) is 24.2 Å². The number of nitrogens with zero attached hydrogens (tertiary/aromatic N) is 2. The lowest BCUT2D eigenvalue weighted by atomic mass is 10.1. The van der Waals surface area contributed by atoms with Gasteiger partial charge in [-0.3, -0.25) is 0 Å². The van der Waals surface area contributed by atoms with Crippen molar-refractivity contribution in [2.24, 2.45) is 0 Å². The molecule has 0 fully saturated rings. The molecule has 5 nitrogen and oxygen atoms in total. The fraction of sp³-hybridized carbons (Fsp3) is 0.556. The van der Waals surface area contributed by atoms with Gasteiger partial charge >= 0.3 is 0 Å². The van der Waals surface area contributed by atoms with Crippen LogP contribution in [0.25, 0.3) is 11.3 Å². The van der Waals surface area contributed by atoms with Gasteiger partial charge in [0.25, 0.3) is 0 Å². The van der Waals surface area contributed by atoms with Gasteiger partial charge in [-0.2, -0.15) is 0 Å². The van der Waals surface area contributed by atoms with Gasteiger partial charge in [0.05, 0.1) is 4.88 Å². The largest absolute Gasteiger partial charge is 0.491 e. The topological polar surface area (TPSA) is 67.3 Å². The highest BCUT2D eigenvalue weighted by Gasteiger charge is 2.14. The van der Waals surface area contributed by atoms with E-state index >= 15 is 0 Å². The molecule has 1 heterocycles. The highest BCUT2D eigenvalue weighted by molar-refractivity contribution is 7.05. The Morgan fingerprint density at radius 3 is 2.83 bits per heavy atom. The highest BCUT2D eigenvalue weighted by atomic mass is 32.1. The summed E-state index contributed by atoms with van der Waals surface area (Å²) in [5.74, 6) is 0.734. The van der Waals surface area contributed by atoms with Crippen LogP contribution in [0.5, 0.6) is 5.75 Å². The Bertz CT molecular complexity index is 637. The zero-order valence-electron chi connectivity index (χ0n) is 14.9. The maximum atomic E-state index is 10.0. The normalized spacial score (nSPS) is 13.0. The number of nitrogens with one attached hydrogen (secondary N) is 1. The number of aromatic nitrogens is 2. The molecule has 6 heteroatoms. The van der Waals surface area contributed by atoms with Crippen LogP contribution in [0.3, 0.4) is 0 Å². The van der Waals surface area contributed by atoms with Crippen molar-refractivity contribution in [2.75, 3.05) is 13.2 Å². The maximum Gasteiger partial charge on any atom is 0.120 e. The van der Waals surface area contributed by atoms with Crippen LogP contribution < -0.4 is 10.1 Å². The molecule has 1 unspecified atom stereocenters. The number of benzene rings is 1. The third kappa shape index (κ3) is 5.85. The molecule has 0 saturated heterocycles. The van der Waals surface area contributed by atoms with Crippen molar-refractivity contribution in [2.45, 2.75) is 52.2 Å². The molecule has 2 N–H and O–H groups in total. The molecule has 0 aliphatic rings. The molecular formula is C18H27N3O2S. The molecule has 0 saturated carbocycles. The number of β-amino-alcohol motifs (C(OH)–C–C–N with tert-alkyl or cyclic N) is 1. The molecule has 24 heavy (non-hydrogen) atoms. The number of hydrogen-bond acceptors (Lipinski definition) is 6. The molecule has 2 aromatic rings. The summed E-state index contributed by atoms with van der Waals surface area (Å²) in [6.07, 6.45) is 1.50. The van der Waals surface area contributed by atoms with E-state index in [-0.39, 0.29) is 12.1 Å². The fourth-order valence-corrected chi connectivity index (χ4v) is 2.99. The molecule has 0 aliphatic heterocycles. The first-order chi connectivity index (χ1) is 11.4. The molecule has 0 amide bonds. The van der Waals surface area contributed by atoms with Crippen molar-refractivity contribution in [3.63, 3.8) is 0 Å². The van der Waals surface area contributed by atoms with E-state index in [2.05, 4.69) is 42.6 Å². The molecular weight excluding hydrogens is 322 g/mol. The summed E-state index contributed by atoms with van der Waals surface area (Å²) in [7, 11) is 0. The smallest absolute Gasteiger partial charge is 0.120 e. The minimum atomic E-state index is -0.551. The average molecular weight is 350 g/mol. The number of aliphatic hydroxyl groups excluding tert-OH is 1. The molecule has 132 valence electrons. The van der Waals surface area contributed by atoms with Gasteiger partial charge < -0.3 is 15.2 Å². The molecule has 1 aromatic carbocycles. The van der Waals surface area contributed by atoms with E-state index in [0.29, 0.717) is 6.54 Å². The van der Waals surface area contributed by atoms with Crippen molar-refractivity contribution in [3.8, 4) is 17.0 Å². The van der Waals surface area contributed by atoms with Gasteiger partial charge in [0.2, 0.25) is 0 Å². The Hall–Kier alpha value is -1.50. The predicted molar refractivity (Wildman–Crippen MR) is 98.6 cm³/mol. The van der Waals surface area contributed by atoms with E-state index in [1.807, 2.05) is 24.3 Å². The predicted octanol–water partition coefficient (Wildman–Crippen LogP) is 3.29. The summed E-state index contributed by atoms with van der Waals surface area (Å²) in [4.78, 5) is 1.20. The Kier molecular flexibility index (Phi) is 6.71. The molecule has 1 atom stereocenters. The van der Waals surface area contributed by atoms with Crippen LogP contribution in [-0.2, 0) is 6.42 Å². The van der Waals surface area contributed by atoms with Crippen LogP contribution in [0, 0.1) is 0 Å². The van der Waals surface area contributed by atoms with Crippen molar-refractivity contribution in [1.82, 2.24) is 14.9 Å². The third-order valence-electron chi connectivity index (χ3n) is 3.45. The third-order valence-corrected chi connectivity index (χ3v) is 4.23. The lowest BCUT2D eigenvalue weighted by Gasteiger charge is -2.23. The van der Waals surface area contributed by atoms with Crippen molar-refractivity contribution in [3.05, 3.63) is 29.1 Å². The summed E-state index contributed by atoms with van der Waals surface area (Å²) in [6.45, 7) is 9.11. The second-order valence-electron chi connectivity index (χ2n) is 6.92. The van der Waals surface area contributed by atoms with E-state index in [1.165, 1.54) is 16.4 Å². The summed E-state index contributed by atoms with van der Waals surface area (Å²) in [5.41, 5.74) is 1.92. The quantitative estimate of drug-likeness (QED) is 0.765. The Balaban J connectivity index is 1.97. The monoisotopic (exact) mass is 349 g/mol. The maximum absolute atomic E-state index is 10.0. The second-order valence-corrected chi connectivity index (χ2v) is 7.76. The number of rotatable bonds is 8. The SMILES string of the molecule is CCCc1snnc1-c1cccc(OCC(O)CNC(C)(C)C)c1. The number of ether oxygens (including phenoxy) is 1. The lowest BCUT2D eigenvalue weighted by Crippen LogP contribution is -2.42. The van der Waals surface area contributed by atoms with E-state index in [9.17, 15) is 5.11 Å². The first-order valence-electron chi connectivity index (χ1n) is 8.36. The molecule has 2 rings (SSSR count). The van der Waals surface area contributed by atoms with Gasteiger partial charge in [-0.25, -0.2) is 0 Å². The van der Waals surface area contributed by atoms with E-state index < -0.39 is 6.10 Å². The van der Waals surface area contributed by atoms with Gasteiger partial charge in [0, 0.05) is 17.6 Å². The standard InChI is InChI=1S/C18H27N3O2S/c1-5-7-16-17(20-21-24-16)13-8-6-9-15(10-13)23-12-14(22)11-19-18(2,3)4/h6,8-10,14,19,22H,5,7,11-12H2,1-4H3. The van der Waals surface area contributed by atoms with Crippen molar-refractivity contribution in [1.29, 1.82) is 0 Å². The lowest BCUT2D eigenvalue weighted by molar-refractivity contribution is 0.100. The van der Waals surface area contributed by atoms with Crippen LogP contribution in [0.15, 0.2) is 24.3 Å². The molecule has 0 bridgehead atoms. The first kappa shape index (κ1) is 18.8. The van der Waals surface area contributed by atoms with Crippen LogP contribution >= 0.6 is 11.5 Å². The zero-order chi connectivity index (χ0) is 17.6. The Labute approximate surface area is 148 Å². The van der Waals surface area contributed by atoms with Crippen LogP contribution in [0.1, 0.15) is 39.0 Å². The van der Waals surface area contributed by atoms with Gasteiger partial charge in [-0.1, -0.05) is 30.0 Å². The second kappa shape index (κ2) is 8.55.